The van der Waals surface area contributed by atoms with Gasteiger partial charge >= 0.3 is 0 Å². The van der Waals surface area contributed by atoms with Gasteiger partial charge in [0.15, 0.2) is 0 Å². The van der Waals surface area contributed by atoms with Gasteiger partial charge in [0.25, 0.3) is 0 Å². The van der Waals surface area contributed by atoms with Gasteiger partial charge in [0.05, 0.1) is 0 Å². The first-order chi connectivity index (χ1) is 9.15. The summed E-state index contributed by atoms with van der Waals surface area (Å²) >= 11 is 0. The summed E-state index contributed by atoms with van der Waals surface area (Å²) in [6.45, 7) is 6.89. The van der Waals surface area contributed by atoms with Gasteiger partial charge < -0.3 is 4.74 Å². The number of hydrogen-bond acceptors (Lipinski definition) is 1. The van der Waals surface area contributed by atoms with Crippen LogP contribution in [0.2, 0.25) is 0 Å². The highest BCUT2D eigenvalue weighted by Crippen LogP contribution is 2.57. The van der Waals surface area contributed by atoms with Crippen molar-refractivity contribution in [1.82, 2.24) is 0 Å². The molecule has 0 spiro atoms. The minimum Gasteiger partial charge on any atom is -0.381 e. The molecular weight excluding hydrogens is 232 g/mol. The molecule has 3 fully saturated rings. The first-order valence-corrected chi connectivity index (χ1v) is 8.73. The fourth-order valence-electron chi connectivity index (χ4n) is 5.65. The van der Waals surface area contributed by atoms with Crippen LogP contribution in [0.25, 0.3) is 0 Å². The standard InChI is InChI=1S/C18H32O/c1-14(2)11-18-6-3-16(12-18)10-17(13-18)9-15-4-7-19-8-5-15/h14-17H,3-13H2,1-2H3. The summed E-state index contributed by atoms with van der Waals surface area (Å²) in [5, 5.41) is 0. The highest BCUT2D eigenvalue weighted by molar-refractivity contribution is 4.96. The van der Waals surface area contributed by atoms with Crippen LogP contribution >= 0.6 is 0 Å². The van der Waals surface area contributed by atoms with Crippen molar-refractivity contribution in [1.29, 1.82) is 0 Å². The van der Waals surface area contributed by atoms with E-state index in [1.165, 1.54) is 32.1 Å². The Morgan fingerprint density at radius 3 is 2.58 bits per heavy atom. The molecule has 2 aliphatic carbocycles. The second-order valence-corrected chi connectivity index (χ2v) is 8.30. The van der Waals surface area contributed by atoms with Gasteiger partial charge in [0, 0.05) is 13.2 Å². The Morgan fingerprint density at radius 2 is 1.84 bits per heavy atom. The normalized spacial score (nSPS) is 39.9. The van der Waals surface area contributed by atoms with Gasteiger partial charge in [-0.3, -0.25) is 0 Å². The molecule has 0 N–H and O–H groups in total. The number of hydrogen-bond donors (Lipinski definition) is 0. The molecule has 0 aromatic rings. The lowest BCUT2D eigenvalue weighted by atomic mass is 9.65. The highest BCUT2D eigenvalue weighted by Gasteiger charge is 2.45. The lowest BCUT2D eigenvalue weighted by Crippen LogP contribution is -2.30. The van der Waals surface area contributed by atoms with E-state index in [0.29, 0.717) is 0 Å². The average molecular weight is 264 g/mol. The van der Waals surface area contributed by atoms with Crippen LogP contribution < -0.4 is 0 Å². The Morgan fingerprint density at radius 1 is 1.05 bits per heavy atom. The lowest BCUT2D eigenvalue weighted by Gasteiger charge is -2.40. The number of rotatable bonds is 4. The summed E-state index contributed by atoms with van der Waals surface area (Å²) < 4.78 is 5.52. The Labute approximate surface area is 119 Å². The molecule has 3 atom stereocenters. The molecule has 3 aliphatic rings. The molecule has 1 heteroatoms. The molecule has 2 saturated carbocycles. The van der Waals surface area contributed by atoms with E-state index in [4.69, 9.17) is 4.74 Å². The van der Waals surface area contributed by atoms with Gasteiger partial charge in [0.1, 0.15) is 0 Å². The van der Waals surface area contributed by atoms with E-state index in [1.54, 1.807) is 25.7 Å². The predicted molar refractivity (Wildman–Crippen MR) is 80.1 cm³/mol. The second-order valence-electron chi connectivity index (χ2n) is 8.30. The average Bonchev–Trinajstić information content (AvgIpc) is 2.65. The Bertz CT molecular complexity index is 292. The minimum atomic E-state index is 0.757. The maximum absolute atomic E-state index is 5.52. The third-order valence-electron chi connectivity index (χ3n) is 6.04. The van der Waals surface area contributed by atoms with Crippen LogP contribution in [0.4, 0.5) is 0 Å². The number of ether oxygens (including phenoxy) is 1. The zero-order valence-corrected chi connectivity index (χ0v) is 13.0. The molecule has 1 saturated heterocycles. The van der Waals surface area contributed by atoms with Gasteiger partial charge in [-0.05, 0) is 86.9 Å². The third kappa shape index (κ3) is 3.35. The molecule has 0 amide bonds. The molecule has 1 nitrogen and oxygen atoms in total. The molecule has 0 radical (unpaired) electrons. The Kier molecular flexibility index (Phi) is 4.22. The third-order valence-corrected chi connectivity index (χ3v) is 6.04. The first-order valence-electron chi connectivity index (χ1n) is 8.73. The molecule has 1 heterocycles. The molecule has 1 aliphatic heterocycles. The fourth-order valence-corrected chi connectivity index (χ4v) is 5.65. The summed E-state index contributed by atoms with van der Waals surface area (Å²) in [7, 11) is 0. The summed E-state index contributed by atoms with van der Waals surface area (Å²) in [6.07, 6.45) is 13.4. The van der Waals surface area contributed by atoms with E-state index in [0.717, 1.165) is 42.3 Å². The number of fused-ring (bicyclic) bond motifs is 2. The molecule has 3 unspecified atom stereocenters. The van der Waals surface area contributed by atoms with Gasteiger partial charge in [-0.15, -0.1) is 0 Å². The van der Waals surface area contributed by atoms with E-state index >= 15 is 0 Å². The molecule has 0 aromatic carbocycles. The zero-order chi connectivity index (χ0) is 13.3. The van der Waals surface area contributed by atoms with Crippen LogP contribution in [-0.2, 0) is 4.74 Å². The van der Waals surface area contributed by atoms with E-state index in [1.807, 2.05) is 0 Å². The van der Waals surface area contributed by atoms with Crippen LogP contribution in [0.3, 0.4) is 0 Å². The van der Waals surface area contributed by atoms with Crippen LogP contribution in [0.5, 0.6) is 0 Å². The van der Waals surface area contributed by atoms with Gasteiger partial charge in [-0.1, -0.05) is 13.8 Å². The van der Waals surface area contributed by atoms with Crippen LogP contribution in [0, 0.1) is 29.1 Å². The Hall–Kier alpha value is -0.0400. The molecule has 19 heavy (non-hydrogen) atoms. The van der Waals surface area contributed by atoms with E-state index < -0.39 is 0 Å². The van der Waals surface area contributed by atoms with Crippen molar-refractivity contribution in [2.75, 3.05) is 13.2 Å². The molecule has 3 rings (SSSR count). The van der Waals surface area contributed by atoms with Gasteiger partial charge in [-0.2, -0.15) is 0 Å². The van der Waals surface area contributed by atoms with Crippen molar-refractivity contribution in [3.05, 3.63) is 0 Å². The van der Waals surface area contributed by atoms with E-state index in [2.05, 4.69) is 13.8 Å². The zero-order valence-electron chi connectivity index (χ0n) is 13.0. The second kappa shape index (κ2) is 5.76. The summed E-state index contributed by atoms with van der Waals surface area (Å²) in [6, 6.07) is 0. The Balaban J connectivity index is 1.58. The molecule has 2 bridgehead atoms. The fraction of sp³-hybridized carbons (Fsp3) is 1.00. The van der Waals surface area contributed by atoms with Crippen molar-refractivity contribution in [3.8, 4) is 0 Å². The van der Waals surface area contributed by atoms with Crippen molar-refractivity contribution < 1.29 is 4.74 Å². The van der Waals surface area contributed by atoms with Crippen molar-refractivity contribution >= 4 is 0 Å². The van der Waals surface area contributed by atoms with Gasteiger partial charge in [0.2, 0.25) is 0 Å². The summed E-state index contributed by atoms with van der Waals surface area (Å²) in [5.74, 6) is 3.99. The quantitative estimate of drug-likeness (QED) is 0.690. The monoisotopic (exact) mass is 264 g/mol. The lowest BCUT2D eigenvalue weighted by molar-refractivity contribution is 0.0451. The van der Waals surface area contributed by atoms with Gasteiger partial charge in [-0.25, -0.2) is 0 Å². The first kappa shape index (κ1) is 13.9. The van der Waals surface area contributed by atoms with Crippen molar-refractivity contribution in [2.45, 2.75) is 71.6 Å². The van der Waals surface area contributed by atoms with Crippen LogP contribution in [-0.4, -0.2) is 13.2 Å². The maximum Gasteiger partial charge on any atom is 0.0468 e. The molecule has 0 aromatic heterocycles. The largest absolute Gasteiger partial charge is 0.381 e. The van der Waals surface area contributed by atoms with E-state index in [9.17, 15) is 0 Å². The van der Waals surface area contributed by atoms with E-state index in [-0.39, 0.29) is 0 Å². The van der Waals surface area contributed by atoms with Crippen molar-refractivity contribution in [3.63, 3.8) is 0 Å². The molecule has 110 valence electrons. The topological polar surface area (TPSA) is 9.23 Å². The maximum atomic E-state index is 5.52. The van der Waals surface area contributed by atoms with Crippen molar-refractivity contribution in [2.24, 2.45) is 29.1 Å². The SMILES string of the molecule is CC(C)CC12CCC(CC(CC3CCOCC3)C1)C2. The smallest absolute Gasteiger partial charge is 0.0468 e. The predicted octanol–water partition coefficient (Wildman–Crippen LogP) is 5.05. The highest BCUT2D eigenvalue weighted by atomic mass is 16.5. The summed E-state index contributed by atoms with van der Waals surface area (Å²) in [4.78, 5) is 0. The van der Waals surface area contributed by atoms with Crippen LogP contribution in [0.1, 0.15) is 71.6 Å². The molecular formula is C18H32O. The minimum absolute atomic E-state index is 0.757. The summed E-state index contributed by atoms with van der Waals surface area (Å²) in [5.41, 5.74) is 0.757. The van der Waals surface area contributed by atoms with Crippen LogP contribution in [0.15, 0.2) is 0 Å².